The Labute approximate surface area is 123 Å². The molecule has 0 aromatic heterocycles. The minimum atomic E-state index is -0.487. The van der Waals surface area contributed by atoms with E-state index in [-0.39, 0.29) is 18.0 Å². The van der Waals surface area contributed by atoms with Crippen LogP contribution in [0, 0.1) is 24.6 Å². The van der Waals surface area contributed by atoms with Gasteiger partial charge in [0, 0.05) is 11.3 Å². The molecule has 3 nitrogen and oxygen atoms in total. The van der Waals surface area contributed by atoms with Gasteiger partial charge < -0.3 is 11.1 Å². The van der Waals surface area contributed by atoms with E-state index in [9.17, 15) is 9.18 Å². The zero-order chi connectivity index (χ0) is 15.2. The largest absolute Gasteiger partial charge is 0.322 e. The number of benzene rings is 2. The van der Waals surface area contributed by atoms with Crippen LogP contribution < -0.4 is 11.1 Å². The molecule has 1 amide bonds. The van der Waals surface area contributed by atoms with E-state index < -0.39 is 5.82 Å². The molecule has 0 saturated heterocycles. The van der Waals surface area contributed by atoms with E-state index >= 15 is 0 Å². The van der Waals surface area contributed by atoms with Crippen molar-refractivity contribution in [2.45, 2.75) is 6.92 Å². The molecule has 0 aliphatic carbocycles. The molecule has 0 spiro atoms. The lowest BCUT2D eigenvalue weighted by Gasteiger charge is -2.08. The van der Waals surface area contributed by atoms with Crippen molar-refractivity contribution in [1.82, 2.24) is 0 Å². The lowest BCUT2D eigenvalue weighted by atomic mass is 10.1. The first-order valence-electron chi connectivity index (χ1n) is 6.47. The van der Waals surface area contributed by atoms with E-state index in [1.807, 2.05) is 19.1 Å². The third-order valence-electron chi connectivity index (χ3n) is 2.94. The van der Waals surface area contributed by atoms with Crippen molar-refractivity contribution >= 4 is 11.6 Å². The standard InChI is InChI=1S/C17H15FN2O/c1-12-5-2-3-7-15(12)17(21)20-14-9-8-13(6-4-10-19)16(18)11-14/h2-3,5,7-9,11H,10,19H2,1H3,(H,20,21). The fraction of sp³-hybridized carbons (Fsp3) is 0.118. The summed E-state index contributed by atoms with van der Waals surface area (Å²) in [5, 5.41) is 2.67. The molecule has 0 saturated carbocycles. The van der Waals surface area contributed by atoms with Crippen molar-refractivity contribution < 1.29 is 9.18 Å². The number of amides is 1. The van der Waals surface area contributed by atoms with Gasteiger partial charge in [0.1, 0.15) is 5.82 Å². The minimum Gasteiger partial charge on any atom is -0.322 e. The van der Waals surface area contributed by atoms with Gasteiger partial charge in [0.2, 0.25) is 0 Å². The van der Waals surface area contributed by atoms with Gasteiger partial charge in [-0.2, -0.15) is 0 Å². The van der Waals surface area contributed by atoms with Crippen molar-refractivity contribution in [2.24, 2.45) is 5.73 Å². The maximum atomic E-state index is 13.8. The summed E-state index contributed by atoms with van der Waals surface area (Å²) in [6.45, 7) is 2.02. The number of carbonyl (C=O) groups excluding carboxylic acids is 1. The van der Waals surface area contributed by atoms with Gasteiger partial charge in [-0.1, -0.05) is 30.0 Å². The number of anilines is 1. The molecule has 0 atom stereocenters. The van der Waals surface area contributed by atoms with Gasteiger partial charge in [0.05, 0.1) is 12.1 Å². The summed E-state index contributed by atoms with van der Waals surface area (Å²) in [7, 11) is 0. The highest BCUT2D eigenvalue weighted by Gasteiger charge is 2.09. The maximum absolute atomic E-state index is 13.8. The van der Waals surface area contributed by atoms with E-state index in [1.165, 1.54) is 12.1 Å². The van der Waals surface area contributed by atoms with Gasteiger partial charge in [-0.25, -0.2) is 4.39 Å². The summed E-state index contributed by atoms with van der Waals surface area (Å²) in [5.74, 6) is 4.46. The monoisotopic (exact) mass is 282 g/mol. The minimum absolute atomic E-state index is 0.172. The highest BCUT2D eigenvalue weighted by Crippen LogP contribution is 2.16. The van der Waals surface area contributed by atoms with Crippen LogP contribution in [0.2, 0.25) is 0 Å². The molecule has 2 aromatic rings. The third-order valence-corrected chi connectivity index (χ3v) is 2.94. The molecule has 0 heterocycles. The molecular weight excluding hydrogens is 267 g/mol. The van der Waals surface area contributed by atoms with Crippen molar-refractivity contribution in [3.8, 4) is 11.8 Å². The van der Waals surface area contributed by atoms with Crippen LogP contribution in [0.5, 0.6) is 0 Å². The van der Waals surface area contributed by atoms with E-state index in [0.29, 0.717) is 11.3 Å². The van der Waals surface area contributed by atoms with Crippen LogP contribution in [-0.2, 0) is 0 Å². The molecule has 0 radical (unpaired) electrons. The smallest absolute Gasteiger partial charge is 0.255 e. The highest BCUT2D eigenvalue weighted by molar-refractivity contribution is 6.05. The number of rotatable bonds is 2. The Morgan fingerprint density at radius 2 is 2.05 bits per heavy atom. The molecular formula is C17H15FN2O. The van der Waals surface area contributed by atoms with Crippen LogP contribution in [0.3, 0.4) is 0 Å². The van der Waals surface area contributed by atoms with Crippen LogP contribution >= 0.6 is 0 Å². The Morgan fingerprint density at radius 1 is 1.29 bits per heavy atom. The second kappa shape index (κ2) is 6.69. The summed E-state index contributed by atoms with van der Waals surface area (Å²) >= 11 is 0. The maximum Gasteiger partial charge on any atom is 0.255 e. The van der Waals surface area contributed by atoms with Gasteiger partial charge >= 0.3 is 0 Å². The first-order valence-corrected chi connectivity index (χ1v) is 6.47. The first kappa shape index (κ1) is 14.8. The lowest BCUT2D eigenvalue weighted by molar-refractivity contribution is 0.102. The van der Waals surface area contributed by atoms with Crippen molar-refractivity contribution in [1.29, 1.82) is 0 Å². The number of nitrogens with one attached hydrogen (secondary N) is 1. The molecule has 0 bridgehead atoms. The average molecular weight is 282 g/mol. The summed E-state index contributed by atoms with van der Waals surface area (Å²) in [5.41, 5.74) is 7.32. The molecule has 4 heteroatoms. The van der Waals surface area contributed by atoms with Crippen LogP contribution in [0.15, 0.2) is 42.5 Å². The van der Waals surface area contributed by atoms with Crippen LogP contribution in [-0.4, -0.2) is 12.5 Å². The Hall–Kier alpha value is -2.64. The van der Waals surface area contributed by atoms with Crippen molar-refractivity contribution in [3.05, 3.63) is 65.0 Å². The number of hydrogen-bond donors (Lipinski definition) is 2. The lowest BCUT2D eigenvalue weighted by Crippen LogP contribution is -2.13. The number of nitrogens with two attached hydrogens (primary N) is 1. The van der Waals surface area contributed by atoms with E-state index in [4.69, 9.17) is 5.73 Å². The van der Waals surface area contributed by atoms with Gasteiger partial charge in [-0.05, 0) is 36.8 Å². The van der Waals surface area contributed by atoms with Crippen LogP contribution in [0.4, 0.5) is 10.1 Å². The second-order valence-electron chi connectivity index (χ2n) is 4.47. The zero-order valence-corrected chi connectivity index (χ0v) is 11.6. The van der Waals surface area contributed by atoms with Gasteiger partial charge in [-0.15, -0.1) is 0 Å². The number of aryl methyl sites for hydroxylation is 1. The summed E-state index contributed by atoms with van der Waals surface area (Å²) < 4.78 is 13.8. The summed E-state index contributed by atoms with van der Waals surface area (Å²) in [6, 6.07) is 11.6. The van der Waals surface area contributed by atoms with Gasteiger partial charge in [0.25, 0.3) is 5.91 Å². The van der Waals surface area contributed by atoms with E-state index in [1.54, 1.807) is 18.2 Å². The number of halogens is 1. The molecule has 0 unspecified atom stereocenters. The van der Waals surface area contributed by atoms with Crippen LogP contribution in [0.1, 0.15) is 21.5 Å². The molecule has 3 N–H and O–H groups in total. The normalized spacial score (nSPS) is 9.67. The predicted octanol–water partition coefficient (Wildman–Crippen LogP) is 2.70. The Kier molecular flexibility index (Phi) is 4.70. The van der Waals surface area contributed by atoms with Crippen molar-refractivity contribution in [2.75, 3.05) is 11.9 Å². The molecule has 0 aliphatic heterocycles. The average Bonchev–Trinajstić information content (AvgIpc) is 2.47. The predicted molar refractivity (Wildman–Crippen MR) is 81.5 cm³/mol. The number of carbonyl (C=O) groups is 1. The Balaban J connectivity index is 2.19. The fourth-order valence-corrected chi connectivity index (χ4v) is 1.87. The Morgan fingerprint density at radius 3 is 2.71 bits per heavy atom. The SMILES string of the molecule is Cc1ccccc1C(=O)Nc1ccc(C#CCN)c(F)c1. The quantitative estimate of drug-likeness (QED) is 0.832. The zero-order valence-electron chi connectivity index (χ0n) is 11.6. The van der Waals surface area contributed by atoms with E-state index in [0.717, 1.165) is 5.56 Å². The number of hydrogen-bond acceptors (Lipinski definition) is 2. The summed E-state index contributed by atoms with van der Waals surface area (Å²) in [6.07, 6.45) is 0. The molecule has 0 fully saturated rings. The van der Waals surface area contributed by atoms with Gasteiger partial charge in [-0.3, -0.25) is 4.79 Å². The molecule has 2 rings (SSSR count). The Bertz CT molecular complexity index is 729. The van der Waals surface area contributed by atoms with Crippen LogP contribution in [0.25, 0.3) is 0 Å². The third kappa shape index (κ3) is 3.68. The van der Waals surface area contributed by atoms with Crippen molar-refractivity contribution in [3.63, 3.8) is 0 Å². The topological polar surface area (TPSA) is 55.1 Å². The molecule has 2 aromatic carbocycles. The molecule has 106 valence electrons. The summed E-state index contributed by atoms with van der Waals surface area (Å²) in [4.78, 5) is 12.1. The molecule has 0 aliphatic rings. The second-order valence-corrected chi connectivity index (χ2v) is 4.47. The highest BCUT2D eigenvalue weighted by atomic mass is 19.1. The fourth-order valence-electron chi connectivity index (χ4n) is 1.87. The first-order chi connectivity index (χ1) is 10.1. The molecule has 21 heavy (non-hydrogen) atoms. The van der Waals surface area contributed by atoms with Gasteiger partial charge in [0.15, 0.2) is 0 Å². The van der Waals surface area contributed by atoms with E-state index in [2.05, 4.69) is 17.2 Å².